The number of hydrogen-bond acceptors (Lipinski definition) is 2. The summed E-state index contributed by atoms with van der Waals surface area (Å²) in [6, 6.07) is 3.30. The maximum atomic E-state index is 9.82. The monoisotopic (exact) mass is 156 g/mol. The average molecular weight is 157 g/mol. The number of aldehydes is 1. The van der Waals surface area contributed by atoms with Gasteiger partial charge in [-0.3, -0.25) is 4.79 Å². The molecule has 1 heterocycles. The summed E-state index contributed by atoms with van der Waals surface area (Å²) in [7, 11) is 0. The van der Waals surface area contributed by atoms with Gasteiger partial charge in [-0.05, 0) is 35.9 Å². The number of rotatable bonds is 2. The standard InChI is InChI=1S/C7H5ClO2/c8-7-4-3-6(10-7)2-1-5-9/h1-5H/b2-1+. The van der Waals surface area contributed by atoms with Crippen molar-refractivity contribution >= 4 is 24.0 Å². The van der Waals surface area contributed by atoms with E-state index < -0.39 is 0 Å². The van der Waals surface area contributed by atoms with Crippen LogP contribution in [0.15, 0.2) is 22.6 Å². The van der Waals surface area contributed by atoms with Crippen LogP contribution in [0.1, 0.15) is 5.76 Å². The number of halogens is 1. The second kappa shape index (κ2) is 3.22. The van der Waals surface area contributed by atoms with Crippen LogP contribution in [0.5, 0.6) is 0 Å². The van der Waals surface area contributed by atoms with Gasteiger partial charge in [-0.15, -0.1) is 0 Å². The highest BCUT2D eigenvalue weighted by molar-refractivity contribution is 6.28. The summed E-state index contributed by atoms with van der Waals surface area (Å²) < 4.78 is 4.91. The second-order valence-electron chi connectivity index (χ2n) is 1.64. The van der Waals surface area contributed by atoms with Crippen LogP contribution in [0, 0.1) is 0 Å². The summed E-state index contributed by atoms with van der Waals surface area (Å²) in [5.41, 5.74) is 0. The highest BCUT2D eigenvalue weighted by Gasteiger charge is 1.92. The first-order chi connectivity index (χ1) is 4.83. The Bertz CT molecular complexity index is 250. The van der Waals surface area contributed by atoms with Crippen LogP contribution < -0.4 is 0 Å². The molecule has 0 unspecified atom stereocenters. The summed E-state index contributed by atoms with van der Waals surface area (Å²) in [6.45, 7) is 0. The molecule has 1 aromatic rings. The molecule has 0 radical (unpaired) electrons. The number of carbonyl (C=O) groups excluding carboxylic acids is 1. The SMILES string of the molecule is O=C/C=C/c1ccc(Cl)o1. The molecule has 0 spiro atoms. The third-order valence-corrected chi connectivity index (χ3v) is 1.14. The van der Waals surface area contributed by atoms with Gasteiger partial charge in [0.1, 0.15) is 12.0 Å². The topological polar surface area (TPSA) is 30.2 Å². The molecule has 0 bridgehead atoms. The van der Waals surface area contributed by atoms with Gasteiger partial charge in [0.05, 0.1) is 0 Å². The highest BCUT2D eigenvalue weighted by atomic mass is 35.5. The first-order valence-electron chi connectivity index (χ1n) is 2.70. The van der Waals surface area contributed by atoms with Crippen molar-refractivity contribution in [3.63, 3.8) is 0 Å². The molecule has 0 amide bonds. The van der Waals surface area contributed by atoms with Crippen molar-refractivity contribution in [2.75, 3.05) is 0 Å². The van der Waals surface area contributed by atoms with Crippen molar-refractivity contribution < 1.29 is 9.21 Å². The van der Waals surface area contributed by atoms with E-state index >= 15 is 0 Å². The maximum absolute atomic E-state index is 9.82. The fraction of sp³-hybridized carbons (Fsp3) is 0. The first kappa shape index (κ1) is 7.09. The molecule has 0 aliphatic heterocycles. The molecular formula is C7H5ClO2. The first-order valence-corrected chi connectivity index (χ1v) is 3.08. The predicted octanol–water partition coefficient (Wildman–Crippen LogP) is 2.15. The van der Waals surface area contributed by atoms with Crippen LogP contribution in [0.3, 0.4) is 0 Å². The number of hydrogen-bond donors (Lipinski definition) is 0. The van der Waals surface area contributed by atoms with Crippen molar-refractivity contribution in [1.82, 2.24) is 0 Å². The van der Waals surface area contributed by atoms with E-state index in [4.69, 9.17) is 16.0 Å². The van der Waals surface area contributed by atoms with Crippen LogP contribution in [0.4, 0.5) is 0 Å². The molecule has 1 aromatic heterocycles. The van der Waals surface area contributed by atoms with E-state index in [1.54, 1.807) is 18.2 Å². The molecule has 0 saturated carbocycles. The quantitative estimate of drug-likeness (QED) is 0.485. The molecule has 52 valence electrons. The van der Waals surface area contributed by atoms with Gasteiger partial charge < -0.3 is 4.42 Å². The molecule has 0 aromatic carbocycles. The Morgan fingerprint density at radius 3 is 2.80 bits per heavy atom. The third-order valence-electron chi connectivity index (χ3n) is 0.933. The lowest BCUT2D eigenvalue weighted by Gasteiger charge is -1.78. The molecule has 0 saturated heterocycles. The highest BCUT2D eigenvalue weighted by Crippen LogP contribution is 2.13. The van der Waals surface area contributed by atoms with E-state index in [1.165, 1.54) is 6.08 Å². The smallest absolute Gasteiger partial charge is 0.193 e. The van der Waals surface area contributed by atoms with Gasteiger partial charge in [-0.1, -0.05) is 0 Å². The molecular weight excluding hydrogens is 152 g/mol. The van der Waals surface area contributed by atoms with Crippen molar-refractivity contribution in [3.8, 4) is 0 Å². The molecule has 3 heteroatoms. The minimum Gasteiger partial charge on any atom is -0.445 e. The Hall–Kier alpha value is -1.02. The van der Waals surface area contributed by atoms with Crippen LogP contribution >= 0.6 is 11.6 Å². The van der Waals surface area contributed by atoms with Gasteiger partial charge in [0, 0.05) is 0 Å². The van der Waals surface area contributed by atoms with Crippen LogP contribution in [0.2, 0.25) is 5.22 Å². The van der Waals surface area contributed by atoms with E-state index in [0.717, 1.165) is 0 Å². The molecule has 2 nitrogen and oxygen atoms in total. The van der Waals surface area contributed by atoms with E-state index in [0.29, 0.717) is 17.3 Å². The lowest BCUT2D eigenvalue weighted by molar-refractivity contribution is -0.104. The Balaban J connectivity index is 2.75. The average Bonchev–Trinajstić information content (AvgIpc) is 2.31. The lowest BCUT2D eigenvalue weighted by atomic mass is 10.4. The summed E-state index contributed by atoms with van der Waals surface area (Å²) in [4.78, 5) is 9.82. The second-order valence-corrected chi connectivity index (χ2v) is 2.01. The van der Waals surface area contributed by atoms with Gasteiger partial charge in [-0.25, -0.2) is 0 Å². The number of allylic oxidation sites excluding steroid dienone is 1. The Morgan fingerprint density at radius 2 is 2.30 bits per heavy atom. The largest absolute Gasteiger partial charge is 0.445 e. The maximum Gasteiger partial charge on any atom is 0.193 e. The molecule has 0 aliphatic rings. The lowest BCUT2D eigenvalue weighted by Crippen LogP contribution is -1.60. The van der Waals surface area contributed by atoms with Crippen molar-refractivity contribution in [2.24, 2.45) is 0 Å². The molecule has 1 rings (SSSR count). The fourth-order valence-electron chi connectivity index (χ4n) is 0.552. The normalized spacial score (nSPS) is 10.5. The van der Waals surface area contributed by atoms with Crippen LogP contribution in [-0.4, -0.2) is 6.29 Å². The van der Waals surface area contributed by atoms with Crippen molar-refractivity contribution in [3.05, 3.63) is 29.2 Å². The van der Waals surface area contributed by atoms with Gasteiger partial charge in [-0.2, -0.15) is 0 Å². The third kappa shape index (κ3) is 1.74. The van der Waals surface area contributed by atoms with Gasteiger partial charge >= 0.3 is 0 Å². The molecule has 0 fully saturated rings. The number of carbonyl (C=O) groups is 1. The Kier molecular flexibility index (Phi) is 2.29. The summed E-state index contributed by atoms with van der Waals surface area (Å²) in [6.07, 6.45) is 3.56. The van der Waals surface area contributed by atoms with Crippen LogP contribution in [0.25, 0.3) is 6.08 Å². The van der Waals surface area contributed by atoms with Gasteiger partial charge in [0.25, 0.3) is 0 Å². The zero-order valence-corrected chi connectivity index (χ0v) is 5.84. The van der Waals surface area contributed by atoms with E-state index in [1.807, 2.05) is 0 Å². The van der Waals surface area contributed by atoms with Crippen molar-refractivity contribution in [2.45, 2.75) is 0 Å². The molecule has 0 N–H and O–H groups in total. The zero-order valence-electron chi connectivity index (χ0n) is 5.08. The zero-order chi connectivity index (χ0) is 7.40. The minimum absolute atomic E-state index is 0.325. The van der Waals surface area contributed by atoms with E-state index in [2.05, 4.69) is 0 Å². The molecule has 0 aliphatic carbocycles. The minimum atomic E-state index is 0.325. The van der Waals surface area contributed by atoms with Crippen molar-refractivity contribution in [1.29, 1.82) is 0 Å². The van der Waals surface area contributed by atoms with Gasteiger partial charge in [0.2, 0.25) is 0 Å². The Morgan fingerprint density at radius 1 is 1.50 bits per heavy atom. The summed E-state index contributed by atoms with van der Waals surface area (Å²) >= 11 is 5.45. The van der Waals surface area contributed by atoms with Gasteiger partial charge in [0.15, 0.2) is 5.22 Å². The van der Waals surface area contributed by atoms with E-state index in [9.17, 15) is 4.79 Å². The summed E-state index contributed by atoms with van der Waals surface area (Å²) in [5.74, 6) is 0.581. The molecule has 0 atom stereocenters. The fourth-order valence-corrected chi connectivity index (χ4v) is 0.704. The van der Waals surface area contributed by atoms with Crippen LogP contribution in [-0.2, 0) is 4.79 Å². The molecule has 10 heavy (non-hydrogen) atoms. The van der Waals surface area contributed by atoms with E-state index in [-0.39, 0.29) is 0 Å². The Labute approximate surface area is 63.1 Å². The summed E-state index contributed by atoms with van der Waals surface area (Å²) in [5, 5.41) is 0.325. The predicted molar refractivity (Wildman–Crippen MR) is 38.8 cm³/mol. The number of furan rings is 1.